The molecule has 0 bridgehead atoms. The number of hydrogen-bond donors (Lipinski definition) is 3. The molecule has 1 amide bonds. The van der Waals surface area contributed by atoms with E-state index in [0.717, 1.165) is 12.1 Å². The summed E-state index contributed by atoms with van der Waals surface area (Å²) in [6.45, 7) is 2.85. The Morgan fingerprint density at radius 2 is 1.82 bits per heavy atom. The number of halogens is 3. The smallest absolute Gasteiger partial charge is 0.386 e. The number of rotatable bonds is 4. The molecule has 0 fully saturated rings. The number of amides is 1. The van der Waals surface area contributed by atoms with Gasteiger partial charge in [0.2, 0.25) is 5.91 Å². The van der Waals surface area contributed by atoms with Gasteiger partial charge in [-0.1, -0.05) is 0 Å². The number of hydrogen-bond acceptors (Lipinski definition) is 3. The zero-order chi connectivity index (χ0) is 20.7. The highest BCUT2D eigenvalue weighted by molar-refractivity contribution is 5.95. The van der Waals surface area contributed by atoms with Gasteiger partial charge in [0.15, 0.2) is 0 Å². The van der Waals surface area contributed by atoms with Gasteiger partial charge in [0.05, 0.1) is 11.2 Å². The number of nitrogens with one attached hydrogen (secondary N) is 1. The predicted molar refractivity (Wildman–Crippen MR) is 100 cm³/mol. The second kappa shape index (κ2) is 6.79. The fourth-order valence-corrected chi connectivity index (χ4v) is 2.80. The summed E-state index contributed by atoms with van der Waals surface area (Å²) in [7, 11) is 0. The third-order valence-corrected chi connectivity index (χ3v) is 4.29. The third kappa shape index (κ3) is 4.07. The van der Waals surface area contributed by atoms with Crippen LogP contribution in [0.4, 0.5) is 13.2 Å². The number of aromatic amines is 1. The molecule has 5 nitrogen and oxygen atoms in total. The molecular weight excluding hydrogens is 371 g/mol. The Hall–Kier alpha value is -3.13. The van der Waals surface area contributed by atoms with Crippen molar-refractivity contribution in [1.29, 1.82) is 0 Å². The molecule has 0 radical (unpaired) electrons. The van der Waals surface area contributed by atoms with E-state index in [1.165, 1.54) is 38.3 Å². The first-order valence-corrected chi connectivity index (χ1v) is 8.35. The molecule has 0 atom stereocenters. The normalized spacial score (nSPS) is 12.8. The summed E-state index contributed by atoms with van der Waals surface area (Å²) < 4.78 is 40.0. The number of carbonyl (C=O) groups excluding carboxylic acids is 1. The molecule has 2 aromatic heterocycles. The number of aromatic nitrogens is 2. The van der Waals surface area contributed by atoms with Crippen molar-refractivity contribution in [3.05, 3.63) is 59.4 Å². The number of alkyl halides is 3. The number of H-pyrrole nitrogens is 1. The Kier molecular flexibility index (Phi) is 4.76. The molecule has 3 rings (SSSR count). The molecule has 0 aliphatic heterocycles. The molecule has 0 saturated carbocycles. The summed E-state index contributed by atoms with van der Waals surface area (Å²) in [6, 6.07) is 5.13. The van der Waals surface area contributed by atoms with Crippen molar-refractivity contribution < 1.29 is 23.1 Å². The van der Waals surface area contributed by atoms with Gasteiger partial charge in [0.1, 0.15) is 5.65 Å². The summed E-state index contributed by atoms with van der Waals surface area (Å²) in [5.74, 6) is -0.619. The topological polar surface area (TPSA) is 92.0 Å². The number of pyridine rings is 1. The van der Waals surface area contributed by atoms with E-state index in [1.807, 2.05) is 0 Å². The molecule has 2 heterocycles. The number of nitrogens with zero attached hydrogens (tertiary/aromatic N) is 1. The Morgan fingerprint density at radius 1 is 1.14 bits per heavy atom. The van der Waals surface area contributed by atoms with Gasteiger partial charge in [0.25, 0.3) is 0 Å². The Labute approximate surface area is 158 Å². The quantitative estimate of drug-likeness (QED) is 0.590. The first kappa shape index (κ1) is 19.6. The summed E-state index contributed by atoms with van der Waals surface area (Å²) in [5, 5.41) is 10.8. The molecule has 0 aliphatic rings. The lowest BCUT2D eigenvalue weighted by molar-refractivity contribution is -0.137. The predicted octanol–water partition coefficient (Wildman–Crippen LogP) is 3.97. The molecule has 0 aliphatic carbocycles. The van der Waals surface area contributed by atoms with E-state index in [0.29, 0.717) is 22.2 Å². The van der Waals surface area contributed by atoms with Crippen molar-refractivity contribution in [3.63, 3.8) is 0 Å². The Balaban J connectivity index is 2.18. The van der Waals surface area contributed by atoms with Crippen LogP contribution in [-0.2, 0) is 16.6 Å². The average Bonchev–Trinajstić information content (AvgIpc) is 3.00. The molecule has 0 unspecified atom stereocenters. The molecule has 4 N–H and O–H groups in total. The zero-order valence-electron chi connectivity index (χ0n) is 15.1. The van der Waals surface area contributed by atoms with Crippen LogP contribution in [0.1, 0.15) is 30.5 Å². The van der Waals surface area contributed by atoms with Crippen LogP contribution in [0.3, 0.4) is 0 Å². The Morgan fingerprint density at radius 3 is 2.43 bits per heavy atom. The van der Waals surface area contributed by atoms with Gasteiger partial charge in [0, 0.05) is 35.0 Å². The van der Waals surface area contributed by atoms with E-state index in [2.05, 4.69) is 9.97 Å². The first-order valence-electron chi connectivity index (χ1n) is 8.35. The highest BCUT2D eigenvalue weighted by Crippen LogP contribution is 2.36. The highest BCUT2D eigenvalue weighted by atomic mass is 19.4. The van der Waals surface area contributed by atoms with Crippen molar-refractivity contribution in [2.45, 2.75) is 25.6 Å². The molecule has 28 heavy (non-hydrogen) atoms. The number of nitrogens with two attached hydrogens (primary N) is 1. The van der Waals surface area contributed by atoms with Gasteiger partial charge >= 0.3 is 6.18 Å². The van der Waals surface area contributed by atoms with E-state index < -0.39 is 23.2 Å². The van der Waals surface area contributed by atoms with E-state index >= 15 is 0 Å². The van der Waals surface area contributed by atoms with Gasteiger partial charge < -0.3 is 15.8 Å². The van der Waals surface area contributed by atoms with Gasteiger partial charge in [-0.3, -0.25) is 4.79 Å². The molecule has 146 valence electrons. The van der Waals surface area contributed by atoms with Crippen LogP contribution in [0.5, 0.6) is 0 Å². The average molecular weight is 389 g/mol. The lowest BCUT2D eigenvalue weighted by atomic mass is 9.92. The van der Waals surface area contributed by atoms with Crippen LogP contribution in [0, 0.1) is 0 Å². The SMILES string of the molecule is CC(C)(O)c1cc(-c2cnc3[nH]cc(/C=C/C(N)=O)c3c2)cc(C(F)(F)F)c1. The first-order chi connectivity index (χ1) is 12.9. The number of fused-ring (bicyclic) bond motifs is 1. The van der Waals surface area contributed by atoms with Gasteiger partial charge in [-0.25, -0.2) is 4.98 Å². The summed E-state index contributed by atoms with van der Waals surface area (Å²) >= 11 is 0. The van der Waals surface area contributed by atoms with Crippen LogP contribution >= 0.6 is 0 Å². The molecule has 3 aromatic rings. The molecule has 0 spiro atoms. The van der Waals surface area contributed by atoms with Crippen LogP contribution in [0.2, 0.25) is 0 Å². The number of carbonyl (C=O) groups is 1. The second-order valence-corrected chi connectivity index (χ2v) is 6.96. The van der Waals surface area contributed by atoms with E-state index in [9.17, 15) is 23.1 Å². The number of benzene rings is 1. The van der Waals surface area contributed by atoms with Crippen molar-refractivity contribution in [1.82, 2.24) is 9.97 Å². The van der Waals surface area contributed by atoms with Crippen LogP contribution in [-0.4, -0.2) is 21.0 Å². The lowest BCUT2D eigenvalue weighted by Crippen LogP contribution is -2.17. The fourth-order valence-electron chi connectivity index (χ4n) is 2.80. The largest absolute Gasteiger partial charge is 0.416 e. The Bertz CT molecular complexity index is 1040. The molecule has 1 aromatic carbocycles. The van der Waals surface area contributed by atoms with Crippen molar-refractivity contribution in [3.8, 4) is 11.1 Å². The monoisotopic (exact) mass is 389 g/mol. The number of primary amides is 1. The fraction of sp³-hybridized carbons (Fsp3) is 0.200. The highest BCUT2D eigenvalue weighted by Gasteiger charge is 2.33. The second-order valence-electron chi connectivity index (χ2n) is 6.96. The van der Waals surface area contributed by atoms with Crippen LogP contribution < -0.4 is 5.73 Å². The van der Waals surface area contributed by atoms with Crippen molar-refractivity contribution in [2.24, 2.45) is 5.73 Å². The zero-order valence-corrected chi connectivity index (χ0v) is 15.1. The third-order valence-electron chi connectivity index (χ3n) is 4.29. The summed E-state index contributed by atoms with van der Waals surface area (Å²) in [6.07, 6.45) is 1.20. The van der Waals surface area contributed by atoms with Crippen LogP contribution in [0.25, 0.3) is 28.2 Å². The molecule has 8 heteroatoms. The maximum atomic E-state index is 13.3. The van der Waals surface area contributed by atoms with E-state index in [-0.39, 0.29) is 11.1 Å². The van der Waals surface area contributed by atoms with Crippen molar-refractivity contribution in [2.75, 3.05) is 0 Å². The molecule has 0 saturated heterocycles. The van der Waals surface area contributed by atoms with Crippen molar-refractivity contribution >= 4 is 23.0 Å². The molecular formula is C20H18F3N3O2. The summed E-state index contributed by atoms with van der Waals surface area (Å²) in [4.78, 5) is 18.1. The van der Waals surface area contributed by atoms with Gasteiger partial charge in [-0.05, 0) is 55.3 Å². The maximum absolute atomic E-state index is 13.3. The van der Waals surface area contributed by atoms with Gasteiger partial charge in [-0.2, -0.15) is 13.2 Å². The standard InChI is InChI=1S/C20H18F3N3O2/c1-19(2,28)14-5-12(6-15(8-14)20(21,22)23)13-7-16-11(3-4-17(24)27)9-25-18(16)26-10-13/h3-10,28H,1-2H3,(H2,24,27)(H,25,26)/b4-3+. The summed E-state index contributed by atoms with van der Waals surface area (Å²) in [5.41, 5.74) is 4.79. The maximum Gasteiger partial charge on any atom is 0.416 e. The van der Waals surface area contributed by atoms with Gasteiger partial charge in [-0.15, -0.1) is 0 Å². The minimum Gasteiger partial charge on any atom is -0.386 e. The lowest BCUT2D eigenvalue weighted by Gasteiger charge is -2.21. The van der Waals surface area contributed by atoms with Crippen LogP contribution in [0.15, 0.2) is 42.7 Å². The van der Waals surface area contributed by atoms with E-state index in [1.54, 1.807) is 12.3 Å². The minimum absolute atomic E-state index is 0.139. The number of aliphatic hydroxyl groups is 1. The van der Waals surface area contributed by atoms with E-state index in [4.69, 9.17) is 5.73 Å². The minimum atomic E-state index is -4.56.